The summed E-state index contributed by atoms with van der Waals surface area (Å²) in [4.78, 5) is 3.69. The van der Waals surface area contributed by atoms with Crippen molar-refractivity contribution in [2.24, 2.45) is 0 Å². The number of nitrogens with one attached hydrogen (secondary N) is 1. The van der Waals surface area contributed by atoms with Gasteiger partial charge in [-0.3, -0.25) is 4.94 Å². The number of halogens is 2. The molecule has 0 unspecified atom stereocenters. The van der Waals surface area contributed by atoms with Crippen LogP contribution >= 0.6 is 11.6 Å². The fourth-order valence-electron chi connectivity index (χ4n) is 4.10. The third kappa shape index (κ3) is 10.7. The maximum atomic E-state index is 12.1. The third-order valence-corrected chi connectivity index (χ3v) is 6.26. The number of aliphatic hydroxyl groups excluding tert-OH is 3. The topological polar surface area (TPSA) is 91.2 Å². The second kappa shape index (κ2) is 17.8. The van der Waals surface area contributed by atoms with Crippen LogP contribution in [0.5, 0.6) is 5.75 Å². The molecular formula is C29H39ClFNO5. The van der Waals surface area contributed by atoms with E-state index in [4.69, 9.17) is 21.4 Å². The minimum Gasteiger partial charge on any atom is -0.511 e. The summed E-state index contributed by atoms with van der Waals surface area (Å²) in [5.41, 5.74) is 2.80. The van der Waals surface area contributed by atoms with Crippen molar-refractivity contribution in [1.29, 1.82) is 0 Å². The first-order valence-electron chi connectivity index (χ1n) is 12.4. The van der Waals surface area contributed by atoms with Crippen molar-refractivity contribution in [3.05, 3.63) is 76.5 Å². The molecule has 2 aliphatic rings. The van der Waals surface area contributed by atoms with E-state index in [1.165, 1.54) is 0 Å². The number of benzene rings is 2. The van der Waals surface area contributed by atoms with E-state index in [-0.39, 0.29) is 36.4 Å². The Labute approximate surface area is 225 Å². The number of rotatable bonds is 6. The molecule has 4 rings (SSSR count). The lowest BCUT2D eigenvalue weighted by Gasteiger charge is -2.32. The minimum atomic E-state index is -0.497. The molecule has 2 aromatic carbocycles. The van der Waals surface area contributed by atoms with Crippen molar-refractivity contribution in [1.82, 2.24) is 5.32 Å². The average Bonchev–Trinajstić information content (AvgIpc) is 3.48. The van der Waals surface area contributed by atoms with Gasteiger partial charge in [-0.15, -0.1) is 12.8 Å². The monoisotopic (exact) mass is 535 g/mol. The van der Waals surface area contributed by atoms with Crippen LogP contribution in [-0.4, -0.2) is 46.7 Å². The molecule has 204 valence electrons. The molecule has 2 saturated heterocycles. The molecule has 4 atom stereocenters. The van der Waals surface area contributed by atoms with E-state index in [1.807, 2.05) is 32.0 Å². The molecular weight excluding hydrogens is 497 g/mol. The smallest absolute Gasteiger partial charge is 0.171 e. The third-order valence-electron chi connectivity index (χ3n) is 5.89. The first-order valence-corrected chi connectivity index (χ1v) is 12.8. The van der Waals surface area contributed by atoms with Gasteiger partial charge in [-0.2, -0.15) is 0 Å². The van der Waals surface area contributed by atoms with Crippen molar-refractivity contribution >= 4 is 11.6 Å². The molecule has 8 heteroatoms. The van der Waals surface area contributed by atoms with Crippen molar-refractivity contribution in [2.75, 3.05) is 13.2 Å². The van der Waals surface area contributed by atoms with Gasteiger partial charge in [-0.05, 0) is 60.7 Å². The summed E-state index contributed by atoms with van der Waals surface area (Å²) in [5, 5.41) is 31.8. The number of ether oxygens (including phenoxy) is 1. The molecule has 2 aromatic rings. The summed E-state index contributed by atoms with van der Waals surface area (Å²) in [6.07, 6.45) is 10.6. The van der Waals surface area contributed by atoms with E-state index in [1.54, 1.807) is 24.3 Å². The molecule has 0 radical (unpaired) electrons. The molecule has 0 aromatic heterocycles. The van der Waals surface area contributed by atoms with E-state index in [0.29, 0.717) is 24.3 Å². The molecule has 37 heavy (non-hydrogen) atoms. The fourth-order valence-corrected chi connectivity index (χ4v) is 4.28. The van der Waals surface area contributed by atoms with Crippen LogP contribution in [0.1, 0.15) is 62.3 Å². The molecule has 2 fully saturated rings. The molecule has 0 aliphatic carbocycles. The number of hydrogen-bond donors (Lipinski definition) is 4. The second-order valence-corrected chi connectivity index (χ2v) is 8.85. The van der Waals surface area contributed by atoms with Gasteiger partial charge in [-0.1, -0.05) is 56.3 Å². The van der Waals surface area contributed by atoms with Gasteiger partial charge in [0.25, 0.3) is 0 Å². The zero-order chi connectivity index (χ0) is 27.8. The summed E-state index contributed by atoms with van der Waals surface area (Å²) in [5.74, 6) is 0.436. The Morgan fingerprint density at radius 2 is 1.86 bits per heavy atom. The summed E-state index contributed by atoms with van der Waals surface area (Å²) in [6, 6.07) is 12.5. The van der Waals surface area contributed by atoms with Gasteiger partial charge >= 0.3 is 0 Å². The highest BCUT2D eigenvalue weighted by Crippen LogP contribution is 2.33. The van der Waals surface area contributed by atoms with E-state index in [2.05, 4.69) is 29.7 Å². The predicted octanol–water partition coefficient (Wildman–Crippen LogP) is 5.85. The van der Waals surface area contributed by atoms with E-state index in [0.717, 1.165) is 36.1 Å². The van der Waals surface area contributed by atoms with Crippen molar-refractivity contribution in [3.8, 4) is 18.6 Å². The van der Waals surface area contributed by atoms with E-state index in [9.17, 15) is 14.7 Å². The largest absolute Gasteiger partial charge is 0.511 e. The minimum absolute atomic E-state index is 0.114. The van der Waals surface area contributed by atoms with E-state index < -0.39 is 6.10 Å². The lowest BCUT2D eigenvalue weighted by molar-refractivity contribution is -0.113. The molecule has 2 heterocycles. The van der Waals surface area contributed by atoms with Crippen LogP contribution in [0, 0.1) is 12.8 Å². The Morgan fingerprint density at radius 1 is 1.19 bits per heavy atom. The zero-order valence-electron chi connectivity index (χ0n) is 21.6. The summed E-state index contributed by atoms with van der Waals surface area (Å²) in [6.45, 7) is 8.33. The quantitative estimate of drug-likeness (QED) is 0.274. The predicted molar refractivity (Wildman–Crippen MR) is 146 cm³/mol. The van der Waals surface area contributed by atoms with Crippen LogP contribution in [0.3, 0.4) is 0 Å². The van der Waals surface area contributed by atoms with Crippen molar-refractivity contribution < 1.29 is 29.5 Å². The standard InChI is InChI=1S/C19H20ClFO4.C6H11NO.C2H6.C2H2/c20-18-6-3-13(19-10-15(23)9-17(11-22)24-19)8-14(18)7-12-1-4-16(25-21)5-2-12;1-5(8)6-3-2-4-7-6;2*1-2/h1-6,8,15,17,19,22-23H,7,9-11H2;6-8H,1-4H2;1-2H3;1-2H/t15-,17-,19+;6-;;/m00../s1. The van der Waals surface area contributed by atoms with Crippen LogP contribution in [0.4, 0.5) is 4.53 Å². The summed E-state index contributed by atoms with van der Waals surface area (Å²) in [7, 11) is 0. The first-order chi connectivity index (χ1) is 17.9. The van der Waals surface area contributed by atoms with Gasteiger partial charge in [0.2, 0.25) is 0 Å². The molecule has 0 spiro atoms. The molecule has 0 bridgehead atoms. The maximum Gasteiger partial charge on any atom is 0.171 e. The Morgan fingerprint density at radius 3 is 2.38 bits per heavy atom. The van der Waals surface area contributed by atoms with Crippen LogP contribution < -0.4 is 10.3 Å². The van der Waals surface area contributed by atoms with Crippen LogP contribution in [0.2, 0.25) is 5.02 Å². The van der Waals surface area contributed by atoms with Crippen LogP contribution in [0.15, 0.2) is 54.8 Å². The highest BCUT2D eigenvalue weighted by molar-refractivity contribution is 6.31. The highest BCUT2D eigenvalue weighted by atomic mass is 35.5. The van der Waals surface area contributed by atoms with Gasteiger partial charge in [0, 0.05) is 22.4 Å². The molecule has 2 aliphatic heterocycles. The average molecular weight is 536 g/mol. The highest BCUT2D eigenvalue weighted by Gasteiger charge is 2.29. The lowest BCUT2D eigenvalue weighted by atomic mass is 9.94. The summed E-state index contributed by atoms with van der Waals surface area (Å²) >= 11 is 6.31. The lowest BCUT2D eigenvalue weighted by Crippen LogP contribution is -2.33. The van der Waals surface area contributed by atoms with Gasteiger partial charge in [0.15, 0.2) is 5.75 Å². The van der Waals surface area contributed by atoms with E-state index >= 15 is 0 Å². The Hall–Kier alpha value is -2.60. The Kier molecular flexibility index (Phi) is 15.6. The van der Waals surface area contributed by atoms with Crippen LogP contribution in [0.25, 0.3) is 0 Å². The molecule has 0 saturated carbocycles. The molecule has 6 nitrogen and oxygen atoms in total. The SMILES string of the molecule is C#C.C=C(O)[C@@H]1CCCN1.CC.OC[C@@H]1C[C@H](O)C[C@H](c2ccc(Cl)c(Cc3ccc(OF)cc3)c2)O1. The molecule has 0 amide bonds. The number of aliphatic hydroxyl groups is 3. The van der Waals surface area contributed by atoms with Gasteiger partial charge < -0.3 is 25.4 Å². The second-order valence-electron chi connectivity index (χ2n) is 8.44. The maximum absolute atomic E-state index is 12.1. The first kappa shape index (κ1) is 32.4. The Bertz CT molecular complexity index is 947. The van der Waals surface area contributed by atoms with Crippen LogP contribution in [-0.2, 0) is 11.2 Å². The number of hydrogen-bond acceptors (Lipinski definition) is 6. The molecule has 4 N–H and O–H groups in total. The summed E-state index contributed by atoms with van der Waals surface area (Å²) < 4.78 is 18.0. The van der Waals surface area contributed by atoms with Crippen molar-refractivity contribution in [2.45, 2.75) is 70.3 Å². The van der Waals surface area contributed by atoms with Gasteiger partial charge in [-0.25, -0.2) is 0 Å². The fraction of sp³-hybridized carbons (Fsp3) is 0.448. The van der Waals surface area contributed by atoms with Gasteiger partial charge in [0.05, 0.1) is 31.0 Å². The van der Waals surface area contributed by atoms with Gasteiger partial charge in [0.1, 0.15) is 5.76 Å². The zero-order valence-corrected chi connectivity index (χ0v) is 22.3. The van der Waals surface area contributed by atoms with Crippen molar-refractivity contribution in [3.63, 3.8) is 0 Å². The Balaban J connectivity index is 0.000000478. The normalized spacial score (nSPS) is 22.2. The number of terminal acetylenes is 1.